The van der Waals surface area contributed by atoms with Gasteiger partial charge in [-0.15, -0.1) is 0 Å². The van der Waals surface area contributed by atoms with Crippen molar-refractivity contribution in [1.82, 2.24) is 16.2 Å². The molecule has 0 unspecified atom stereocenters. The van der Waals surface area contributed by atoms with Crippen LogP contribution in [-0.2, 0) is 16.0 Å². The van der Waals surface area contributed by atoms with Gasteiger partial charge in [0.1, 0.15) is 0 Å². The molecule has 1 atom stereocenters. The zero-order valence-corrected chi connectivity index (χ0v) is 13.6. The van der Waals surface area contributed by atoms with E-state index in [1.165, 1.54) is 19.2 Å². The largest absolute Gasteiger partial charge is 0.494 e. The van der Waals surface area contributed by atoms with Crippen molar-refractivity contribution in [3.8, 4) is 5.75 Å². The van der Waals surface area contributed by atoms with Crippen LogP contribution >= 0.6 is 12.2 Å². The van der Waals surface area contributed by atoms with Crippen LogP contribution in [0.5, 0.6) is 5.75 Å². The summed E-state index contributed by atoms with van der Waals surface area (Å²) in [6.07, 6.45) is 0.0180. The molecule has 6 nitrogen and oxygen atoms in total. The van der Waals surface area contributed by atoms with Crippen molar-refractivity contribution in [2.24, 2.45) is 0 Å². The number of ether oxygens (including phenoxy) is 2. The number of benzene rings is 1. The van der Waals surface area contributed by atoms with Gasteiger partial charge in [-0.1, -0.05) is 6.07 Å². The van der Waals surface area contributed by atoms with Crippen molar-refractivity contribution in [3.05, 3.63) is 29.6 Å². The Hall–Kier alpha value is -1.93. The lowest BCUT2D eigenvalue weighted by Crippen LogP contribution is -2.50. The highest BCUT2D eigenvalue weighted by Gasteiger charge is 2.08. The normalized spacial score (nSPS) is 11.5. The summed E-state index contributed by atoms with van der Waals surface area (Å²) in [6.45, 7) is 2.38. The predicted molar refractivity (Wildman–Crippen MR) is 85.0 cm³/mol. The Kier molecular flexibility index (Phi) is 7.55. The summed E-state index contributed by atoms with van der Waals surface area (Å²) < 4.78 is 23.3. The Balaban J connectivity index is 2.40. The molecule has 0 spiro atoms. The summed E-state index contributed by atoms with van der Waals surface area (Å²) in [4.78, 5) is 11.8. The first kappa shape index (κ1) is 18.1. The fourth-order valence-electron chi connectivity index (χ4n) is 1.73. The van der Waals surface area contributed by atoms with E-state index in [0.717, 1.165) is 0 Å². The van der Waals surface area contributed by atoms with E-state index in [1.54, 1.807) is 13.2 Å². The molecule has 0 saturated heterocycles. The molecular weight excluding hydrogens is 309 g/mol. The van der Waals surface area contributed by atoms with Gasteiger partial charge in [0.05, 0.1) is 20.1 Å². The van der Waals surface area contributed by atoms with E-state index >= 15 is 0 Å². The van der Waals surface area contributed by atoms with Crippen LogP contribution in [0.25, 0.3) is 0 Å². The number of carbonyl (C=O) groups is 1. The lowest BCUT2D eigenvalue weighted by atomic mass is 10.1. The minimum Gasteiger partial charge on any atom is -0.494 e. The number of carbonyl (C=O) groups excluding carboxylic acids is 1. The summed E-state index contributed by atoms with van der Waals surface area (Å²) >= 11 is 5.01. The number of thiocarbonyl (C=S) groups is 1. The number of hydrazine groups is 1. The zero-order chi connectivity index (χ0) is 16.5. The molecule has 0 bridgehead atoms. The van der Waals surface area contributed by atoms with Gasteiger partial charge < -0.3 is 14.8 Å². The average Bonchev–Trinajstić information content (AvgIpc) is 2.45. The molecule has 1 rings (SSSR count). The van der Waals surface area contributed by atoms with Gasteiger partial charge in [0.2, 0.25) is 5.91 Å². The fourth-order valence-corrected chi connectivity index (χ4v) is 1.98. The topological polar surface area (TPSA) is 71.6 Å². The molecule has 0 heterocycles. The van der Waals surface area contributed by atoms with Gasteiger partial charge in [-0.2, -0.15) is 0 Å². The summed E-state index contributed by atoms with van der Waals surface area (Å²) in [5.74, 6) is -0.709. The number of rotatable bonds is 6. The third kappa shape index (κ3) is 6.23. The zero-order valence-electron chi connectivity index (χ0n) is 12.7. The molecule has 1 aromatic rings. The molecule has 0 aliphatic heterocycles. The standard InChI is InChI=1S/C14H20FN3O3S/c1-9(8-20-2)16-14(22)18-17-13(19)7-10-4-5-12(21-3)11(15)6-10/h4-6,9H,7-8H2,1-3H3,(H,17,19)(H2,16,18,22)/t9-/m1/s1. The minimum absolute atomic E-state index is 0.0117. The predicted octanol–water partition coefficient (Wildman–Crippen LogP) is 0.907. The molecule has 0 aliphatic carbocycles. The van der Waals surface area contributed by atoms with Crippen molar-refractivity contribution < 1.29 is 18.7 Å². The maximum atomic E-state index is 13.5. The summed E-state index contributed by atoms with van der Waals surface area (Å²) in [6, 6.07) is 4.37. The molecule has 1 aromatic carbocycles. The number of hydrogen-bond acceptors (Lipinski definition) is 4. The van der Waals surface area contributed by atoms with Crippen LogP contribution in [0.1, 0.15) is 12.5 Å². The Morgan fingerprint density at radius 2 is 2.09 bits per heavy atom. The van der Waals surface area contributed by atoms with Crippen molar-refractivity contribution in [2.45, 2.75) is 19.4 Å². The van der Waals surface area contributed by atoms with Gasteiger partial charge in [0.15, 0.2) is 16.7 Å². The van der Waals surface area contributed by atoms with Gasteiger partial charge in [0, 0.05) is 13.2 Å². The smallest absolute Gasteiger partial charge is 0.242 e. The van der Waals surface area contributed by atoms with Crippen LogP contribution in [0.4, 0.5) is 4.39 Å². The van der Waals surface area contributed by atoms with Gasteiger partial charge in [0.25, 0.3) is 0 Å². The Bertz CT molecular complexity index is 528. The molecular formula is C14H20FN3O3S. The monoisotopic (exact) mass is 329 g/mol. The maximum Gasteiger partial charge on any atom is 0.242 e. The molecule has 1 amide bonds. The minimum atomic E-state index is -0.508. The Labute approximate surface area is 134 Å². The van der Waals surface area contributed by atoms with Crippen LogP contribution in [0, 0.1) is 5.82 Å². The highest BCUT2D eigenvalue weighted by Crippen LogP contribution is 2.17. The lowest BCUT2D eigenvalue weighted by molar-refractivity contribution is -0.121. The molecule has 0 aromatic heterocycles. The molecule has 122 valence electrons. The van der Waals surface area contributed by atoms with E-state index in [9.17, 15) is 9.18 Å². The lowest BCUT2D eigenvalue weighted by Gasteiger charge is -2.16. The SMILES string of the molecule is COC[C@@H](C)NC(=S)NNC(=O)Cc1ccc(OC)c(F)c1. The first-order valence-electron chi connectivity index (χ1n) is 6.63. The molecule has 3 N–H and O–H groups in total. The third-order valence-electron chi connectivity index (χ3n) is 2.69. The van der Waals surface area contributed by atoms with Crippen LogP contribution in [-0.4, -0.2) is 37.9 Å². The van der Waals surface area contributed by atoms with Crippen molar-refractivity contribution >= 4 is 23.2 Å². The van der Waals surface area contributed by atoms with E-state index in [1.807, 2.05) is 6.92 Å². The quantitative estimate of drug-likeness (QED) is 0.532. The molecule has 0 aliphatic rings. The van der Waals surface area contributed by atoms with Gasteiger partial charge in [-0.3, -0.25) is 15.6 Å². The number of nitrogens with one attached hydrogen (secondary N) is 3. The van der Waals surface area contributed by atoms with Crippen LogP contribution in [0.2, 0.25) is 0 Å². The number of halogens is 1. The average molecular weight is 329 g/mol. The van der Waals surface area contributed by atoms with Crippen LogP contribution in [0.15, 0.2) is 18.2 Å². The number of hydrogen-bond donors (Lipinski definition) is 3. The molecule has 8 heteroatoms. The second-order valence-corrected chi connectivity index (χ2v) is 5.06. The highest BCUT2D eigenvalue weighted by molar-refractivity contribution is 7.80. The molecule has 22 heavy (non-hydrogen) atoms. The van der Waals surface area contributed by atoms with E-state index in [0.29, 0.717) is 12.2 Å². The highest BCUT2D eigenvalue weighted by atomic mass is 32.1. The fraction of sp³-hybridized carbons (Fsp3) is 0.429. The van der Waals surface area contributed by atoms with E-state index in [4.69, 9.17) is 21.7 Å². The van der Waals surface area contributed by atoms with E-state index in [-0.39, 0.29) is 29.2 Å². The van der Waals surface area contributed by atoms with Crippen LogP contribution in [0.3, 0.4) is 0 Å². The number of methoxy groups -OCH3 is 2. The van der Waals surface area contributed by atoms with E-state index in [2.05, 4.69) is 16.2 Å². The summed E-state index contributed by atoms with van der Waals surface area (Å²) in [5.41, 5.74) is 5.55. The third-order valence-corrected chi connectivity index (χ3v) is 2.91. The van der Waals surface area contributed by atoms with E-state index < -0.39 is 5.82 Å². The van der Waals surface area contributed by atoms with Crippen molar-refractivity contribution in [3.63, 3.8) is 0 Å². The van der Waals surface area contributed by atoms with Gasteiger partial charge in [-0.05, 0) is 36.8 Å². The van der Waals surface area contributed by atoms with Crippen molar-refractivity contribution in [1.29, 1.82) is 0 Å². The second-order valence-electron chi connectivity index (χ2n) is 4.65. The van der Waals surface area contributed by atoms with Gasteiger partial charge >= 0.3 is 0 Å². The molecule has 0 fully saturated rings. The first-order chi connectivity index (χ1) is 10.5. The molecule has 0 saturated carbocycles. The first-order valence-corrected chi connectivity index (χ1v) is 7.03. The Morgan fingerprint density at radius 3 is 2.68 bits per heavy atom. The summed E-state index contributed by atoms with van der Waals surface area (Å²) in [5, 5.41) is 3.20. The van der Waals surface area contributed by atoms with Gasteiger partial charge in [-0.25, -0.2) is 4.39 Å². The second kappa shape index (κ2) is 9.16. The maximum absolute atomic E-state index is 13.5. The molecule has 0 radical (unpaired) electrons. The van der Waals surface area contributed by atoms with Crippen LogP contribution < -0.4 is 20.9 Å². The summed E-state index contributed by atoms with van der Waals surface area (Å²) in [7, 11) is 2.97. The Morgan fingerprint density at radius 1 is 1.36 bits per heavy atom. The van der Waals surface area contributed by atoms with Crippen molar-refractivity contribution in [2.75, 3.05) is 20.8 Å². The number of amides is 1.